The smallest absolute Gasteiger partial charge is 0.0851 e. The molecule has 166 valence electrons. The molecule has 2 unspecified atom stereocenters. The SMILES string of the molecule is CCN(CCc1ccccc1)C(C)CCC(C#N)(c1ccc(Cl)cc1)C1CCCCC1. The van der Waals surface area contributed by atoms with Crippen molar-refractivity contribution in [3.05, 3.63) is 70.7 Å². The van der Waals surface area contributed by atoms with Crippen LogP contribution in [0.3, 0.4) is 0 Å². The van der Waals surface area contributed by atoms with Gasteiger partial charge in [0, 0.05) is 17.6 Å². The lowest BCUT2D eigenvalue weighted by Gasteiger charge is -2.39. The predicted molar refractivity (Wildman–Crippen MR) is 131 cm³/mol. The summed E-state index contributed by atoms with van der Waals surface area (Å²) in [4.78, 5) is 2.57. The minimum atomic E-state index is -0.405. The van der Waals surface area contributed by atoms with Gasteiger partial charge in [-0.1, -0.05) is 80.3 Å². The van der Waals surface area contributed by atoms with Gasteiger partial charge in [0.25, 0.3) is 0 Å². The first-order chi connectivity index (χ1) is 15.1. The van der Waals surface area contributed by atoms with Gasteiger partial charge in [-0.05, 0) is 74.8 Å². The van der Waals surface area contributed by atoms with E-state index in [4.69, 9.17) is 11.6 Å². The van der Waals surface area contributed by atoms with Gasteiger partial charge in [-0.2, -0.15) is 5.26 Å². The normalized spacial score (nSPS) is 17.8. The molecule has 0 spiro atoms. The first-order valence-corrected chi connectivity index (χ1v) is 12.4. The van der Waals surface area contributed by atoms with Crippen LogP contribution in [0.25, 0.3) is 0 Å². The average Bonchev–Trinajstić information content (AvgIpc) is 2.82. The Hall–Kier alpha value is -1.82. The molecule has 0 bridgehead atoms. The number of rotatable bonds is 10. The summed E-state index contributed by atoms with van der Waals surface area (Å²) in [6, 6.07) is 22.1. The Bertz CT molecular complexity index is 820. The molecule has 2 aromatic rings. The van der Waals surface area contributed by atoms with Gasteiger partial charge in [-0.25, -0.2) is 0 Å². The highest BCUT2D eigenvalue weighted by Crippen LogP contribution is 2.44. The zero-order valence-corrected chi connectivity index (χ0v) is 20.0. The van der Waals surface area contributed by atoms with Crippen molar-refractivity contribution in [2.45, 2.75) is 76.7 Å². The Kier molecular flexibility index (Phi) is 9.00. The van der Waals surface area contributed by atoms with Crippen molar-refractivity contribution >= 4 is 11.6 Å². The lowest BCUT2D eigenvalue weighted by molar-refractivity contribution is 0.179. The van der Waals surface area contributed by atoms with Crippen molar-refractivity contribution < 1.29 is 0 Å². The molecule has 1 aliphatic rings. The van der Waals surface area contributed by atoms with Crippen LogP contribution < -0.4 is 0 Å². The fraction of sp³-hybridized carbons (Fsp3) is 0.536. The van der Waals surface area contributed by atoms with E-state index < -0.39 is 5.41 Å². The first kappa shape index (κ1) is 23.8. The molecule has 31 heavy (non-hydrogen) atoms. The molecule has 0 N–H and O–H groups in total. The fourth-order valence-electron chi connectivity index (χ4n) is 5.37. The van der Waals surface area contributed by atoms with Crippen LogP contribution in [0.15, 0.2) is 54.6 Å². The van der Waals surface area contributed by atoms with Crippen LogP contribution >= 0.6 is 11.6 Å². The monoisotopic (exact) mass is 436 g/mol. The largest absolute Gasteiger partial charge is 0.301 e. The molecule has 1 saturated carbocycles. The lowest BCUT2D eigenvalue weighted by Crippen LogP contribution is -2.39. The zero-order valence-electron chi connectivity index (χ0n) is 19.2. The van der Waals surface area contributed by atoms with E-state index in [0.29, 0.717) is 12.0 Å². The summed E-state index contributed by atoms with van der Waals surface area (Å²) >= 11 is 6.17. The Morgan fingerprint density at radius 2 is 1.74 bits per heavy atom. The van der Waals surface area contributed by atoms with E-state index in [1.807, 2.05) is 12.1 Å². The standard InChI is InChI=1S/C28H37ClN2/c1-3-31(21-19-24-10-6-4-7-11-24)23(2)18-20-28(22-30,25-12-8-5-9-13-25)26-14-16-27(29)17-15-26/h4,6-7,10-11,14-17,23,25H,3,5,8-9,12-13,18-21H2,1-2H3. The molecule has 0 amide bonds. The van der Waals surface area contributed by atoms with Gasteiger partial charge in [-0.15, -0.1) is 0 Å². The van der Waals surface area contributed by atoms with Crippen molar-refractivity contribution in [1.29, 1.82) is 5.26 Å². The average molecular weight is 437 g/mol. The maximum Gasteiger partial charge on any atom is 0.0851 e. The van der Waals surface area contributed by atoms with Gasteiger partial charge < -0.3 is 4.90 Å². The van der Waals surface area contributed by atoms with Gasteiger partial charge in [0.05, 0.1) is 11.5 Å². The van der Waals surface area contributed by atoms with Crippen LogP contribution in [0.4, 0.5) is 0 Å². The third-order valence-electron chi connectivity index (χ3n) is 7.38. The Morgan fingerprint density at radius 3 is 2.35 bits per heavy atom. The second-order valence-corrected chi connectivity index (χ2v) is 9.61. The topological polar surface area (TPSA) is 27.0 Å². The van der Waals surface area contributed by atoms with Crippen molar-refractivity contribution in [1.82, 2.24) is 4.90 Å². The Morgan fingerprint density at radius 1 is 1.06 bits per heavy atom. The Balaban J connectivity index is 1.72. The maximum atomic E-state index is 10.5. The maximum absolute atomic E-state index is 10.5. The van der Waals surface area contributed by atoms with E-state index in [1.165, 1.54) is 24.8 Å². The van der Waals surface area contributed by atoms with Gasteiger partial charge >= 0.3 is 0 Å². The number of nitriles is 1. The van der Waals surface area contributed by atoms with E-state index in [0.717, 1.165) is 55.8 Å². The quantitative estimate of drug-likeness (QED) is 0.387. The highest BCUT2D eigenvalue weighted by Gasteiger charge is 2.41. The summed E-state index contributed by atoms with van der Waals surface area (Å²) in [5, 5.41) is 11.3. The van der Waals surface area contributed by atoms with Crippen molar-refractivity contribution in [2.75, 3.05) is 13.1 Å². The van der Waals surface area contributed by atoms with Crippen LogP contribution in [0, 0.1) is 17.2 Å². The molecule has 0 aliphatic heterocycles. The fourth-order valence-corrected chi connectivity index (χ4v) is 5.49. The van der Waals surface area contributed by atoms with Gasteiger partial charge in [0.2, 0.25) is 0 Å². The molecule has 2 aromatic carbocycles. The van der Waals surface area contributed by atoms with E-state index >= 15 is 0 Å². The van der Waals surface area contributed by atoms with Crippen molar-refractivity contribution in [3.8, 4) is 6.07 Å². The molecule has 2 atom stereocenters. The number of halogens is 1. The molecule has 3 heteroatoms. The predicted octanol–water partition coefficient (Wildman–Crippen LogP) is 7.41. The number of hydrogen-bond acceptors (Lipinski definition) is 2. The van der Waals surface area contributed by atoms with E-state index in [-0.39, 0.29) is 0 Å². The summed E-state index contributed by atoms with van der Waals surface area (Å²) in [6.07, 6.45) is 9.14. The zero-order chi connectivity index (χ0) is 22.1. The van der Waals surface area contributed by atoms with Crippen LogP contribution in [-0.4, -0.2) is 24.0 Å². The molecule has 1 aliphatic carbocycles. The third-order valence-corrected chi connectivity index (χ3v) is 7.63. The molecule has 2 nitrogen and oxygen atoms in total. The summed E-state index contributed by atoms with van der Waals surface area (Å²) in [5.74, 6) is 0.444. The molecule has 0 radical (unpaired) electrons. The van der Waals surface area contributed by atoms with Gasteiger partial charge in [-0.3, -0.25) is 0 Å². The van der Waals surface area contributed by atoms with E-state index in [1.54, 1.807) is 0 Å². The summed E-state index contributed by atoms with van der Waals surface area (Å²) in [6.45, 7) is 6.68. The molecule has 0 aromatic heterocycles. The minimum absolute atomic E-state index is 0.405. The molecular formula is C28H37ClN2. The van der Waals surface area contributed by atoms with Crippen LogP contribution in [0.5, 0.6) is 0 Å². The van der Waals surface area contributed by atoms with E-state index in [2.05, 4.69) is 67.3 Å². The summed E-state index contributed by atoms with van der Waals surface area (Å²) in [7, 11) is 0. The summed E-state index contributed by atoms with van der Waals surface area (Å²) < 4.78 is 0. The minimum Gasteiger partial charge on any atom is -0.301 e. The number of likely N-dealkylation sites (N-methyl/N-ethyl adjacent to an activating group) is 1. The molecule has 3 rings (SSSR count). The Labute approximate surface area is 194 Å². The molecule has 1 fully saturated rings. The van der Waals surface area contributed by atoms with Crippen molar-refractivity contribution in [3.63, 3.8) is 0 Å². The number of benzene rings is 2. The molecular weight excluding hydrogens is 400 g/mol. The van der Waals surface area contributed by atoms with E-state index in [9.17, 15) is 5.26 Å². The van der Waals surface area contributed by atoms with Crippen LogP contribution in [-0.2, 0) is 11.8 Å². The first-order valence-electron chi connectivity index (χ1n) is 12.0. The number of nitrogens with zero attached hydrogens (tertiary/aromatic N) is 2. The van der Waals surface area contributed by atoms with Crippen LogP contribution in [0.1, 0.15) is 69.9 Å². The molecule has 0 heterocycles. The highest BCUT2D eigenvalue weighted by molar-refractivity contribution is 6.30. The molecule has 0 saturated heterocycles. The summed E-state index contributed by atoms with van der Waals surface area (Å²) in [5.41, 5.74) is 2.15. The second kappa shape index (κ2) is 11.7. The van der Waals surface area contributed by atoms with Gasteiger partial charge in [0.15, 0.2) is 0 Å². The second-order valence-electron chi connectivity index (χ2n) is 9.18. The van der Waals surface area contributed by atoms with Crippen LogP contribution in [0.2, 0.25) is 5.02 Å². The highest BCUT2D eigenvalue weighted by atomic mass is 35.5. The third kappa shape index (κ3) is 6.12. The van der Waals surface area contributed by atoms with Gasteiger partial charge in [0.1, 0.15) is 0 Å². The van der Waals surface area contributed by atoms with Crippen molar-refractivity contribution in [2.24, 2.45) is 5.92 Å². The number of hydrogen-bond donors (Lipinski definition) is 0. The lowest BCUT2D eigenvalue weighted by atomic mass is 9.63.